The Bertz CT molecular complexity index is 1010. The van der Waals surface area contributed by atoms with Crippen molar-refractivity contribution in [3.63, 3.8) is 0 Å². The molecular formula is C14H4F13N3O2S. The highest BCUT2D eigenvalue weighted by atomic mass is 32.2. The number of aliphatic imine (C=N–C) groups is 1. The van der Waals surface area contributed by atoms with E-state index < -0.39 is 79.8 Å². The summed E-state index contributed by atoms with van der Waals surface area (Å²) in [6, 6.07) is 0.217. The van der Waals surface area contributed by atoms with Crippen LogP contribution in [0, 0.1) is 10.1 Å². The Morgan fingerprint density at radius 2 is 1.48 bits per heavy atom. The number of benzene rings is 1. The van der Waals surface area contributed by atoms with Crippen LogP contribution in [0.4, 0.5) is 68.5 Å². The molecule has 19 heteroatoms. The molecule has 1 aromatic rings. The summed E-state index contributed by atoms with van der Waals surface area (Å²) in [5.74, 6) is -3.79. The predicted octanol–water partition coefficient (Wildman–Crippen LogP) is 6.74. The van der Waals surface area contributed by atoms with Gasteiger partial charge in [0.05, 0.1) is 15.4 Å². The Hall–Kier alpha value is -2.73. The molecule has 0 saturated heterocycles. The van der Waals surface area contributed by atoms with Crippen LogP contribution in [-0.2, 0) is 6.18 Å². The minimum absolute atomic E-state index is 0.142. The summed E-state index contributed by atoms with van der Waals surface area (Å²) in [5, 5.41) is 10.7. The molecule has 0 saturated carbocycles. The molecule has 0 aromatic heterocycles. The van der Waals surface area contributed by atoms with Crippen LogP contribution in [0.25, 0.3) is 0 Å². The monoisotopic (exact) mass is 525 g/mol. The van der Waals surface area contributed by atoms with E-state index >= 15 is 0 Å². The van der Waals surface area contributed by atoms with Gasteiger partial charge in [0.2, 0.25) is 5.83 Å². The Morgan fingerprint density at radius 3 is 1.88 bits per heavy atom. The van der Waals surface area contributed by atoms with Gasteiger partial charge in [-0.25, -0.2) is 9.38 Å². The minimum atomic E-state index is -6.67. The average Bonchev–Trinajstić information content (AvgIpc) is 2.99. The van der Waals surface area contributed by atoms with Crippen LogP contribution in [0.1, 0.15) is 5.56 Å². The first-order chi connectivity index (χ1) is 14.6. The fraction of sp³-hybridized carbons (Fsp3) is 0.357. The Morgan fingerprint density at radius 1 is 0.970 bits per heavy atom. The third-order valence-electron chi connectivity index (χ3n) is 3.83. The van der Waals surface area contributed by atoms with Crippen molar-refractivity contribution in [2.75, 3.05) is 5.32 Å². The van der Waals surface area contributed by atoms with Crippen LogP contribution >= 0.6 is 11.8 Å². The molecule has 0 radical (unpaired) electrons. The molecule has 0 bridgehead atoms. The highest BCUT2D eigenvalue weighted by Gasteiger charge is 2.77. The number of allylic oxidation sites excluding steroid dienone is 1. The number of rotatable bonds is 2. The molecule has 1 aromatic carbocycles. The quantitative estimate of drug-likeness (QED) is 0.264. The number of thioether (sulfide) groups is 1. The number of amidine groups is 1. The van der Waals surface area contributed by atoms with Gasteiger partial charge in [-0.1, -0.05) is 11.8 Å². The first kappa shape index (κ1) is 26.5. The average molecular weight is 525 g/mol. The zero-order chi connectivity index (χ0) is 25.8. The van der Waals surface area contributed by atoms with Crippen molar-refractivity contribution in [2.45, 2.75) is 30.2 Å². The molecule has 184 valence electrons. The van der Waals surface area contributed by atoms with Crippen molar-refractivity contribution >= 4 is 28.3 Å². The summed E-state index contributed by atoms with van der Waals surface area (Å²) in [6.07, 6.45) is -24.8. The SMILES string of the molecule is O=[N+]([O-])c1cc(C(F)(F)F)ccc1NC1=NC(C(F)(F)F)(C(F)(F)F)C(=C(F)C(F)(F)F)S1. The highest BCUT2D eigenvalue weighted by molar-refractivity contribution is 8.17. The molecule has 0 spiro atoms. The number of hydrogen-bond acceptors (Lipinski definition) is 5. The number of halogens is 13. The molecule has 1 heterocycles. The summed E-state index contributed by atoms with van der Waals surface area (Å²) < 4.78 is 170. The van der Waals surface area contributed by atoms with Crippen molar-refractivity contribution < 1.29 is 62.0 Å². The molecule has 0 fully saturated rings. The van der Waals surface area contributed by atoms with Crippen molar-refractivity contribution in [1.82, 2.24) is 0 Å². The van der Waals surface area contributed by atoms with Crippen molar-refractivity contribution in [3.8, 4) is 0 Å². The van der Waals surface area contributed by atoms with Gasteiger partial charge in [-0.3, -0.25) is 10.1 Å². The van der Waals surface area contributed by atoms with Gasteiger partial charge >= 0.3 is 24.7 Å². The molecule has 2 rings (SSSR count). The summed E-state index contributed by atoms with van der Waals surface area (Å²) in [6.45, 7) is 0. The van der Waals surface area contributed by atoms with E-state index in [4.69, 9.17) is 0 Å². The molecule has 0 unspecified atom stereocenters. The molecule has 1 aliphatic rings. The fourth-order valence-electron chi connectivity index (χ4n) is 2.41. The van der Waals surface area contributed by atoms with Gasteiger partial charge in [0.1, 0.15) is 5.69 Å². The molecule has 0 atom stereocenters. The second-order valence-electron chi connectivity index (χ2n) is 5.98. The van der Waals surface area contributed by atoms with E-state index in [9.17, 15) is 67.2 Å². The third kappa shape index (κ3) is 4.81. The van der Waals surface area contributed by atoms with Crippen molar-refractivity contribution in [2.24, 2.45) is 4.99 Å². The molecule has 1 aliphatic heterocycles. The molecular weight excluding hydrogens is 521 g/mol. The van der Waals surface area contributed by atoms with E-state index in [0.717, 1.165) is 0 Å². The van der Waals surface area contributed by atoms with Gasteiger partial charge in [0.15, 0.2) is 5.17 Å². The molecule has 1 N–H and O–H groups in total. The zero-order valence-electron chi connectivity index (χ0n) is 14.8. The standard InChI is InChI=1S/C14H4F13N3O2S/c15-7(12(19,20)21)8-10(13(22,23)24,14(25,26)27)29-9(33-8)28-5-2-1-4(11(16,17)18)3-6(5)30(31)32/h1-3H,(H,28,29). The maximum absolute atomic E-state index is 13.7. The van der Waals surface area contributed by atoms with Gasteiger partial charge in [0, 0.05) is 6.07 Å². The summed E-state index contributed by atoms with van der Waals surface area (Å²) in [7, 11) is 0. The lowest BCUT2D eigenvalue weighted by Crippen LogP contribution is -2.55. The fourth-order valence-corrected chi connectivity index (χ4v) is 3.57. The van der Waals surface area contributed by atoms with Crippen LogP contribution in [0.3, 0.4) is 0 Å². The molecule has 33 heavy (non-hydrogen) atoms. The van der Waals surface area contributed by atoms with E-state index in [1.54, 1.807) is 0 Å². The lowest BCUT2D eigenvalue weighted by Gasteiger charge is -2.31. The Kier molecular flexibility index (Phi) is 6.38. The maximum atomic E-state index is 13.7. The van der Waals surface area contributed by atoms with E-state index in [2.05, 4.69) is 4.99 Å². The van der Waals surface area contributed by atoms with Crippen LogP contribution < -0.4 is 5.32 Å². The molecule has 0 aliphatic carbocycles. The second kappa shape index (κ2) is 7.94. The largest absolute Gasteiger partial charge is 0.443 e. The lowest BCUT2D eigenvalue weighted by atomic mass is 9.97. The highest BCUT2D eigenvalue weighted by Crippen LogP contribution is 2.59. The Balaban J connectivity index is 2.72. The number of anilines is 1. The number of nitrogens with one attached hydrogen (secondary N) is 1. The summed E-state index contributed by atoms with van der Waals surface area (Å²) >= 11 is -1.13. The minimum Gasteiger partial charge on any atom is -0.329 e. The van der Waals surface area contributed by atoms with Crippen LogP contribution in [0.2, 0.25) is 0 Å². The van der Waals surface area contributed by atoms with Gasteiger partial charge in [-0.05, 0) is 12.1 Å². The van der Waals surface area contributed by atoms with E-state index in [1.807, 2.05) is 0 Å². The van der Waals surface area contributed by atoms with Crippen LogP contribution in [0.5, 0.6) is 0 Å². The topological polar surface area (TPSA) is 67.5 Å². The smallest absolute Gasteiger partial charge is 0.329 e. The number of alkyl halides is 12. The first-order valence-electron chi connectivity index (χ1n) is 7.64. The summed E-state index contributed by atoms with van der Waals surface area (Å²) in [4.78, 5) is 8.63. The number of nitrogens with zero attached hydrogens (tertiary/aromatic N) is 2. The molecule has 5 nitrogen and oxygen atoms in total. The van der Waals surface area contributed by atoms with Crippen molar-refractivity contribution in [3.05, 3.63) is 44.6 Å². The maximum Gasteiger partial charge on any atom is 0.443 e. The first-order valence-corrected chi connectivity index (χ1v) is 8.46. The zero-order valence-corrected chi connectivity index (χ0v) is 15.6. The van der Waals surface area contributed by atoms with Gasteiger partial charge in [0.25, 0.3) is 11.2 Å². The number of nitro benzene ring substituents is 1. The van der Waals surface area contributed by atoms with Gasteiger partial charge < -0.3 is 5.32 Å². The van der Waals surface area contributed by atoms with Gasteiger partial charge in [-0.15, -0.1) is 0 Å². The predicted molar refractivity (Wildman–Crippen MR) is 85.8 cm³/mol. The van der Waals surface area contributed by atoms with Crippen LogP contribution in [-0.4, -0.2) is 34.2 Å². The number of nitro groups is 1. The third-order valence-corrected chi connectivity index (χ3v) is 4.89. The van der Waals surface area contributed by atoms with E-state index in [0.29, 0.717) is 0 Å². The molecule has 0 amide bonds. The summed E-state index contributed by atoms with van der Waals surface area (Å²) in [5.41, 5.74) is -10.1. The van der Waals surface area contributed by atoms with Gasteiger partial charge in [-0.2, -0.15) is 52.7 Å². The van der Waals surface area contributed by atoms with Crippen LogP contribution in [0.15, 0.2) is 33.9 Å². The van der Waals surface area contributed by atoms with Crippen molar-refractivity contribution in [1.29, 1.82) is 0 Å². The normalized spacial score (nSPS) is 18.8. The number of hydrogen-bond donors (Lipinski definition) is 1. The second-order valence-corrected chi connectivity index (χ2v) is 6.98. The Labute approximate surface area is 176 Å². The van der Waals surface area contributed by atoms with E-state index in [-0.39, 0.29) is 18.2 Å². The van der Waals surface area contributed by atoms with E-state index in [1.165, 1.54) is 5.32 Å². The lowest BCUT2D eigenvalue weighted by molar-refractivity contribution is -0.384.